The van der Waals surface area contributed by atoms with Crippen LogP contribution in [0, 0.1) is 0 Å². The fraction of sp³-hybridized carbons (Fsp3) is 0.0909. The van der Waals surface area contributed by atoms with Gasteiger partial charge in [-0.2, -0.15) is 13.2 Å². The van der Waals surface area contributed by atoms with Crippen LogP contribution in [-0.4, -0.2) is 7.11 Å². The van der Waals surface area contributed by atoms with Gasteiger partial charge in [0.15, 0.2) is 0 Å². The lowest BCUT2D eigenvalue weighted by Crippen LogP contribution is -2.45. The quantitative estimate of drug-likeness (QED) is 0.241. The molecule has 188 valence electrons. The Morgan fingerprint density at radius 1 is 0.711 bits per heavy atom. The van der Waals surface area contributed by atoms with Crippen LogP contribution in [0.1, 0.15) is 22.3 Å². The molecule has 38 heavy (non-hydrogen) atoms. The standard InChI is InChI=1S/C33H24F3NO/c1-38-31-14-8-7-13-29(31)32(24-10-3-2-4-11-24)22-21-28-27-12-6-5-9-23(27)15-20-30(28)37(32)26-18-16-25(17-19-26)33(34,35)36/h2-22H,1H3. The maximum absolute atomic E-state index is 13.5. The maximum atomic E-state index is 13.5. The normalized spacial score (nSPS) is 16.9. The second-order valence-electron chi connectivity index (χ2n) is 9.27. The molecule has 0 saturated heterocycles. The van der Waals surface area contributed by atoms with Crippen molar-refractivity contribution in [3.8, 4) is 5.75 Å². The van der Waals surface area contributed by atoms with Crippen molar-refractivity contribution in [2.24, 2.45) is 0 Å². The molecule has 0 N–H and O–H groups in total. The lowest BCUT2D eigenvalue weighted by atomic mass is 9.76. The second kappa shape index (κ2) is 9.10. The number of benzene rings is 5. The van der Waals surface area contributed by atoms with Crippen molar-refractivity contribution >= 4 is 28.2 Å². The molecule has 0 aromatic heterocycles. The topological polar surface area (TPSA) is 12.5 Å². The summed E-state index contributed by atoms with van der Waals surface area (Å²) in [7, 11) is 1.63. The third kappa shape index (κ3) is 3.74. The summed E-state index contributed by atoms with van der Waals surface area (Å²) >= 11 is 0. The van der Waals surface area contributed by atoms with Crippen LogP contribution in [0.4, 0.5) is 24.5 Å². The number of methoxy groups -OCH3 is 1. The van der Waals surface area contributed by atoms with Crippen molar-refractivity contribution in [1.82, 2.24) is 0 Å². The molecule has 0 aliphatic carbocycles. The molecule has 0 saturated carbocycles. The number of ether oxygens (including phenoxy) is 1. The van der Waals surface area contributed by atoms with Gasteiger partial charge in [-0.1, -0.05) is 84.9 Å². The fourth-order valence-corrected chi connectivity index (χ4v) is 5.51. The molecule has 0 bridgehead atoms. The molecular weight excluding hydrogens is 483 g/mol. The third-order valence-electron chi connectivity index (χ3n) is 7.22. The molecule has 1 unspecified atom stereocenters. The molecule has 1 atom stereocenters. The molecule has 0 amide bonds. The van der Waals surface area contributed by atoms with Gasteiger partial charge < -0.3 is 9.64 Å². The minimum Gasteiger partial charge on any atom is -0.496 e. The van der Waals surface area contributed by atoms with E-state index < -0.39 is 17.3 Å². The number of alkyl halides is 3. The number of fused-ring (bicyclic) bond motifs is 3. The molecule has 1 aliphatic rings. The minimum absolute atomic E-state index is 0.633. The van der Waals surface area contributed by atoms with Gasteiger partial charge in [0, 0.05) is 16.8 Å². The Morgan fingerprint density at radius 3 is 2.13 bits per heavy atom. The predicted molar refractivity (Wildman–Crippen MR) is 147 cm³/mol. The largest absolute Gasteiger partial charge is 0.496 e. The monoisotopic (exact) mass is 507 g/mol. The summed E-state index contributed by atoms with van der Waals surface area (Å²) in [5.74, 6) is 0.683. The Bertz CT molecular complexity index is 1640. The van der Waals surface area contributed by atoms with Gasteiger partial charge in [-0.15, -0.1) is 0 Å². The number of halogens is 3. The molecular formula is C33H24F3NO. The van der Waals surface area contributed by atoms with E-state index in [0.717, 1.165) is 45.3 Å². The Hall–Kier alpha value is -4.51. The van der Waals surface area contributed by atoms with Gasteiger partial charge in [-0.05, 0) is 58.8 Å². The van der Waals surface area contributed by atoms with Crippen LogP contribution >= 0.6 is 0 Å². The van der Waals surface area contributed by atoms with Crippen molar-refractivity contribution in [3.63, 3.8) is 0 Å². The molecule has 0 fully saturated rings. The van der Waals surface area contributed by atoms with Crippen molar-refractivity contribution in [2.45, 2.75) is 11.7 Å². The molecule has 2 nitrogen and oxygen atoms in total. The van der Waals surface area contributed by atoms with Gasteiger partial charge in [0.25, 0.3) is 0 Å². The highest BCUT2D eigenvalue weighted by molar-refractivity contribution is 5.99. The lowest BCUT2D eigenvalue weighted by molar-refractivity contribution is -0.137. The van der Waals surface area contributed by atoms with E-state index in [4.69, 9.17) is 4.74 Å². The van der Waals surface area contributed by atoms with E-state index in [0.29, 0.717) is 11.4 Å². The Kier molecular flexibility index (Phi) is 5.72. The van der Waals surface area contributed by atoms with Gasteiger partial charge in [-0.25, -0.2) is 0 Å². The average molecular weight is 508 g/mol. The first-order chi connectivity index (χ1) is 18.4. The van der Waals surface area contributed by atoms with Gasteiger partial charge in [-0.3, -0.25) is 0 Å². The molecule has 5 aromatic rings. The van der Waals surface area contributed by atoms with E-state index in [1.807, 2.05) is 72.8 Å². The number of hydrogen-bond acceptors (Lipinski definition) is 2. The zero-order valence-electron chi connectivity index (χ0n) is 20.6. The highest BCUT2D eigenvalue weighted by Crippen LogP contribution is 2.53. The summed E-state index contributed by atoms with van der Waals surface area (Å²) in [6.07, 6.45) is -0.169. The van der Waals surface area contributed by atoms with Crippen LogP contribution in [-0.2, 0) is 11.7 Å². The molecule has 1 heterocycles. The fourth-order valence-electron chi connectivity index (χ4n) is 5.51. The van der Waals surface area contributed by atoms with Crippen LogP contribution in [0.25, 0.3) is 16.8 Å². The Labute approximate surface area is 219 Å². The highest BCUT2D eigenvalue weighted by atomic mass is 19.4. The zero-order valence-corrected chi connectivity index (χ0v) is 20.6. The molecule has 1 aliphatic heterocycles. The van der Waals surface area contributed by atoms with Crippen molar-refractivity contribution in [1.29, 1.82) is 0 Å². The van der Waals surface area contributed by atoms with Crippen molar-refractivity contribution in [2.75, 3.05) is 12.0 Å². The zero-order chi connectivity index (χ0) is 26.3. The summed E-state index contributed by atoms with van der Waals surface area (Å²) in [5.41, 5.74) is 2.78. The van der Waals surface area contributed by atoms with Crippen LogP contribution in [0.3, 0.4) is 0 Å². The molecule has 6 rings (SSSR count). The molecule has 0 radical (unpaired) electrons. The van der Waals surface area contributed by atoms with E-state index in [2.05, 4.69) is 35.3 Å². The SMILES string of the molecule is COc1ccccc1C1(c2ccccc2)C=Cc2c(ccc3ccccc23)N1c1ccc(C(F)(F)F)cc1. The smallest absolute Gasteiger partial charge is 0.416 e. The average Bonchev–Trinajstić information content (AvgIpc) is 2.96. The van der Waals surface area contributed by atoms with Crippen LogP contribution in [0.2, 0.25) is 0 Å². The Morgan fingerprint density at radius 2 is 1.39 bits per heavy atom. The lowest BCUT2D eigenvalue weighted by Gasteiger charge is -2.47. The highest BCUT2D eigenvalue weighted by Gasteiger charge is 2.44. The first kappa shape index (κ1) is 23.9. The van der Waals surface area contributed by atoms with Gasteiger partial charge in [0.2, 0.25) is 0 Å². The number of nitrogens with zero attached hydrogens (tertiary/aromatic N) is 1. The summed E-state index contributed by atoms with van der Waals surface area (Å²) in [6.45, 7) is 0. The van der Waals surface area contributed by atoms with Gasteiger partial charge in [0.05, 0.1) is 18.4 Å². The van der Waals surface area contributed by atoms with Gasteiger partial charge >= 0.3 is 6.18 Å². The van der Waals surface area contributed by atoms with Crippen LogP contribution in [0.5, 0.6) is 5.75 Å². The molecule has 0 spiro atoms. The van der Waals surface area contributed by atoms with E-state index >= 15 is 0 Å². The number of para-hydroxylation sites is 1. The predicted octanol–water partition coefficient (Wildman–Crippen LogP) is 8.98. The first-order valence-corrected chi connectivity index (χ1v) is 12.3. The number of rotatable bonds is 4. The second-order valence-corrected chi connectivity index (χ2v) is 9.27. The Balaban J connectivity index is 1.71. The number of hydrogen-bond donors (Lipinski definition) is 0. The van der Waals surface area contributed by atoms with E-state index in [9.17, 15) is 13.2 Å². The van der Waals surface area contributed by atoms with E-state index in [1.165, 1.54) is 0 Å². The summed E-state index contributed by atoms with van der Waals surface area (Å²) in [4.78, 5) is 2.13. The summed E-state index contributed by atoms with van der Waals surface area (Å²) in [5, 5.41) is 2.16. The van der Waals surface area contributed by atoms with Gasteiger partial charge in [0.1, 0.15) is 11.3 Å². The van der Waals surface area contributed by atoms with Crippen LogP contribution in [0.15, 0.2) is 121 Å². The third-order valence-corrected chi connectivity index (χ3v) is 7.22. The minimum atomic E-state index is -4.42. The summed E-state index contributed by atoms with van der Waals surface area (Å²) < 4.78 is 46.4. The maximum Gasteiger partial charge on any atom is 0.416 e. The molecule has 5 aromatic carbocycles. The van der Waals surface area contributed by atoms with Crippen molar-refractivity contribution < 1.29 is 17.9 Å². The van der Waals surface area contributed by atoms with Crippen molar-refractivity contribution in [3.05, 3.63) is 144 Å². The van der Waals surface area contributed by atoms with E-state index in [1.54, 1.807) is 19.2 Å². The molecule has 5 heteroatoms. The van der Waals surface area contributed by atoms with Crippen LogP contribution < -0.4 is 9.64 Å². The number of anilines is 2. The first-order valence-electron chi connectivity index (χ1n) is 12.3. The van der Waals surface area contributed by atoms with E-state index in [-0.39, 0.29) is 0 Å². The summed E-state index contributed by atoms with van der Waals surface area (Å²) in [6, 6.07) is 35.4.